The van der Waals surface area contributed by atoms with E-state index in [9.17, 15) is 0 Å². The van der Waals surface area contributed by atoms with Crippen molar-refractivity contribution in [3.05, 3.63) is 30.2 Å². The third-order valence-electron chi connectivity index (χ3n) is 1.94. The fraction of sp³-hybridized carbons (Fsp3) is 0.417. The number of oxazole rings is 1. The smallest absolute Gasteiger partial charge is 0.200 e. The Morgan fingerprint density at radius 1 is 1.14 bits per heavy atom. The van der Waals surface area contributed by atoms with E-state index in [2.05, 4.69) is 25.8 Å². The lowest BCUT2D eigenvalue weighted by Crippen LogP contribution is -2.10. The van der Waals surface area contributed by atoms with Crippen molar-refractivity contribution < 1.29 is 4.42 Å². The lowest BCUT2D eigenvalue weighted by Gasteiger charge is -2.11. The standard InChI is InChI=1S/C11H13NO.CH4/c1-11(2,3)10-12-8-6-4-5-7-9(8)13-10;/h4-7H,1-3H3;1H4. The summed E-state index contributed by atoms with van der Waals surface area (Å²) in [5.41, 5.74) is 1.79. The van der Waals surface area contributed by atoms with Gasteiger partial charge in [-0.2, -0.15) is 0 Å². The first-order valence-corrected chi connectivity index (χ1v) is 4.43. The number of hydrogen-bond donors (Lipinski definition) is 0. The van der Waals surface area contributed by atoms with E-state index in [1.165, 1.54) is 0 Å². The van der Waals surface area contributed by atoms with Crippen LogP contribution in [-0.4, -0.2) is 4.98 Å². The van der Waals surface area contributed by atoms with Crippen molar-refractivity contribution >= 4 is 11.1 Å². The molecule has 0 amide bonds. The topological polar surface area (TPSA) is 26.0 Å². The maximum Gasteiger partial charge on any atom is 0.200 e. The van der Waals surface area contributed by atoms with Crippen molar-refractivity contribution in [2.45, 2.75) is 33.6 Å². The fourth-order valence-electron chi connectivity index (χ4n) is 1.19. The van der Waals surface area contributed by atoms with Gasteiger partial charge in [0.25, 0.3) is 0 Å². The zero-order valence-electron chi connectivity index (χ0n) is 8.16. The number of fused-ring (bicyclic) bond motifs is 1. The van der Waals surface area contributed by atoms with E-state index < -0.39 is 0 Å². The highest BCUT2D eigenvalue weighted by molar-refractivity contribution is 5.72. The van der Waals surface area contributed by atoms with Crippen LogP contribution in [0.2, 0.25) is 0 Å². The Kier molecular flexibility index (Phi) is 2.65. The minimum absolute atomic E-state index is 0. The van der Waals surface area contributed by atoms with Crippen molar-refractivity contribution in [1.29, 1.82) is 0 Å². The van der Waals surface area contributed by atoms with Crippen LogP contribution < -0.4 is 0 Å². The summed E-state index contributed by atoms with van der Waals surface area (Å²) in [4.78, 5) is 4.42. The predicted molar refractivity (Wildman–Crippen MR) is 59.4 cm³/mol. The zero-order valence-corrected chi connectivity index (χ0v) is 8.16. The number of nitrogens with zero attached hydrogens (tertiary/aromatic N) is 1. The molecule has 14 heavy (non-hydrogen) atoms. The second-order valence-corrected chi connectivity index (χ2v) is 4.24. The first kappa shape index (κ1) is 10.8. The fourth-order valence-corrected chi connectivity index (χ4v) is 1.19. The van der Waals surface area contributed by atoms with Gasteiger partial charge in [0.2, 0.25) is 5.89 Å². The van der Waals surface area contributed by atoms with Gasteiger partial charge in [-0.3, -0.25) is 0 Å². The largest absolute Gasteiger partial charge is 0.440 e. The van der Waals surface area contributed by atoms with Gasteiger partial charge in [0.15, 0.2) is 5.58 Å². The van der Waals surface area contributed by atoms with Crippen molar-refractivity contribution in [1.82, 2.24) is 4.98 Å². The van der Waals surface area contributed by atoms with E-state index in [-0.39, 0.29) is 12.8 Å². The molecule has 0 saturated heterocycles. The van der Waals surface area contributed by atoms with E-state index >= 15 is 0 Å². The number of benzene rings is 1. The van der Waals surface area contributed by atoms with Crippen LogP contribution >= 0.6 is 0 Å². The molecule has 0 saturated carbocycles. The molecule has 0 bridgehead atoms. The highest BCUT2D eigenvalue weighted by Crippen LogP contribution is 2.25. The molecule has 0 aliphatic carbocycles. The Hall–Kier alpha value is -1.31. The lowest BCUT2D eigenvalue weighted by molar-refractivity contribution is 0.411. The van der Waals surface area contributed by atoms with E-state index in [0.29, 0.717) is 0 Å². The van der Waals surface area contributed by atoms with Crippen LogP contribution in [0.25, 0.3) is 11.1 Å². The molecular formula is C12H17NO. The lowest BCUT2D eigenvalue weighted by atomic mass is 9.97. The third-order valence-corrected chi connectivity index (χ3v) is 1.94. The Balaban J connectivity index is 0.000000980. The number of rotatable bonds is 0. The first-order chi connectivity index (χ1) is 6.07. The van der Waals surface area contributed by atoms with E-state index in [0.717, 1.165) is 17.0 Å². The molecule has 76 valence electrons. The number of para-hydroxylation sites is 2. The Morgan fingerprint density at radius 2 is 1.79 bits per heavy atom. The van der Waals surface area contributed by atoms with Gasteiger partial charge >= 0.3 is 0 Å². The molecule has 0 radical (unpaired) electrons. The molecule has 1 aromatic carbocycles. The van der Waals surface area contributed by atoms with Gasteiger partial charge in [0, 0.05) is 5.41 Å². The van der Waals surface area contributed by atoms with E-state index in [4.69, 9.17) is 4.42 Å². The molecule has 2 heteroatoms. The Bertz CT molecular complexity index is 390. The Morgan fingerprint density at radius 3 is 2.36 bits per heavy atom. The van der Waals surface area contributed by atoms with Gasteiger partial charge in [-0.1, -0.05) is 40.3 Å². The van der Waals surface area contributed by atoms with Gasteiger partial charge in [0.05, 0.1) is 0 Å². The molecule has 0 N–H and O–H groups in total. The first-order valence-electron chi connectivity index (χ1n) is 4.43. The van der Waals surface area contributed by atoms with Crippen molar-refractivity contribution in [2.75, 3.05) is 0 Å². The normalized spacial score (nSPS) is 11.4. The third kappa shape index (κ3) is 1.79. The number of hydrogen-bond acceptors (Lipinski definition) is 2. The summed E-state index contributed by atoms with van der Waals surface area (Å²) in [6.07, 6.45) is 0. The van der Waals surface area contributed by atoms with Crippen LogP contribution in [0, 0.1) is 0 Å². The molecule has 1 heterocycles. The summed E-state index contributed by atoms with van der Waals surface area (Å²) in [5, 5.41) is 0. The van der Waals surface area contributed by atoms with Crippen molar-refractivity contribution in [2.24, 2.45) is 0 Å². The molecular weight excluding hydrogens is 174 g/mol. The van der Waals surface area contributed by atoms with Crippen LogP contribution in [-0.2, 0) is 5.41 Å². The van der Waals surface area contributed by atoms with Crippen molar-refractivity contribution in [3.8, 4) is 0 Å². The molecule has 0 spiro atoms. The molecule has 0 unspecified atom stereocenters. The molecule has 2 aromatic rings. The summed E-state index contributed by atoms with van der Waals surface area (Å²) >= 11 is 0. The minimum atomic E-state index is -0.0149. The molecule has 0 aliphatic rings. The Labute approximate surface area is 85.0 Å². The molecule has 0 atom stereocenters. The molecule has 2 rings (SSSR count). The maximum absolute atomic E-state index is 5.62. The molecule has 2 nitrogen and oxygen atoms in total. The van der Waals surface area contributed by atoms with E-state index in [1.807, 2.05) is 24.3 Å². The summed E-state index contributed by atoms with van der Waals surface area (Å²) in [5.74, 6) is 0.800. The highest BCUT2D eigenvalue weighted by Gasteiger charge is 2.20. The van der Waals surface area contributed by atoms with Gasteiger partial charge in [0.1, 0.15) is 5.52 Å². The summed E-state index contributed by atoms with van der Waals surface area (Å²) in [6.45, 7) is 6.28. The van der Waals surface area contributed by atoms with Crippen LogP contribution in [0.4, 0.5) is 0 Å². The second-order valence-electron chi connectivity index (χ2n) is 4.24. The van der Waals surface area contributed by atoms with E-state index in [1.54, 1.807) is 0 Å². The second kappa shape index (κ2) is 3.45. The van der Waals surface area contributed by atoms with Gasteiger partial charge < -0.3 is 4.42 Å². The van der Waals surface area contributed by atoms with Crippen LogP contribution in [0.3, 0.4) is 0 Å². The van der Waals surface area contributed by atoms with Gasteiger partial charge in [-0.05, 0) is 12.1 Å². The number of aromatic nitrogens is 1. The zero-order chi connectivity index (χ0) is 9.47. The monoisotopic (exact) mass is 191 g/mol. The van der Waals surface area contributed by atoms with Gasteiger partial charge in [-0.15, -0.1) is 0 Å². The van der Waals surface area contributed by atoms with Crippen molar-refractivity contribution in [3.63, 3.8) is 0 Å². The molecule has 0 aliphatic heterocycles. The maximum atomic E-state index is 5.62. The van der Waals surface area contributed by atoms with Crippen LogP contribution in [0.5, 0.6) is 0 Å². The minimum Gasteiger partial charge on any atom is -0.440 e. The summed E-state index contributed by atoms with van der Waals surface area (Å²) < 4.78 is 5.62. The average molecular weight is 191 g/mol. The quantitative estimate of drug-likeness (QED) is 0.633. The summed E-state index contributed by atoms with van der Waals surface area (Å²) in [7, 11) is 0. The molecule has 0 fully saturated rings. The van der Waals surface area contributed by atoms with Gasteiger partial charge in [-0.25, -0.2) is 4.98 Å². The SMILES string of the molecule is C.CC(C)(C)c1nc2ccccc2o1. The molecule has 1 aromatic heterocycles. The van der Waals surface area contributed by atoms with Crippen LogP contribution in [0.15, 0.2) is 28.7 Å². The van der Waals surface area contributed by atoms with Crippen LogP contribution in [0.1, 0.15) is 34.1 Å². The predicted octanol–water partition coefficient (Wildman–Crippen LogP) is 3.76. The average Bonchev–Trinajstić information content (AvgIpc) is 2.45. The highest BCUT2D eigenvalue weighted by atomic mass is 16.3. The summed E-state index contributed by atoms with van der Waals surface area (Å²) in [6, 6.07) is 7.84.